The first-order valence-corrected chi connectivity index (χ1v) is 6.74. The second-order valence-electron chi connectivity index (χ2n) is 4.92. The molecule has 22 heavy (non-hydrogen) atoms. The van der Waals surface area contributed by atoms with Crippen LogP contribution in [0.4, 0.5) is 5.69 Å². The van der Waals surface area contributed by atoms with Crippen LogP contribution >= 0.6 is 0 Å². The monoisotopic (exact) mass is 303 g/mol. The van der Waals surface area contributed by atoms with Crippen LogP contribution in [-0.2, 0) is 4.79 Å². The quantitative estimate of drug-likeness (QED) is 0.886. The van der Waals surface area contributed by atoms with Gasteiger partial charge in [-0.15, -0.1) is 0 Å². The summed E-state index contributed by atoms with van der Waals surface area (Å²) >= 11 is 0. The molecule has 0 saturated carbocycles. The number of hydrogen-bond donors (Lipinski definition) is 2. The van der Waals surface area contributed by atoms with E-state index in [9.17, 15) is 9.59 Å². The highest BCUT2D eigenvalue weighted by Crippen LogP contribution is 2.24. The van der Waals surface area contributed by atoms with E-state index < -0.39 is 12.1 Å². The molecule has 0 saturated heterocycles. The number of aliphatic carboxylic acids is 1. The Hall–Kier alpha value is -2.76. The summed E-state index contributed by atoms with van der Waals surface area (Å²) in [5.41, 5.74) is 1.75. The Morgan fingerprint density at radius 3 is 2.59 bits per heavy atom. The summed E-state index contributed by atoms with van der Waals surface area (Å²) in [6.07, 6.45) is 0.475. The summed E-state index contributed by atoms with van der Waals surface area (Å²) in [6, 6.07) is 6.66. The van der Waals surface area contributed by atoms with Crippen molar-refractivity contribution in [3.63, 3.8) is 0 Å². The number of carboxylic acid groups (broad SMARTS) is 1. The molecule has 6 heteroatoms. The van der Waals surface area contributed by atoms with Gasteiger partial charge in [0.05, 0.1) is 11.8 Å². The van der Waals surface area contributed by atoms with Gasteiger partial charge in [0.15, 0.2) is 6.10 Å². The molecule has 116 valence electrons. The van der Waals surface area contributed by atoms with Crippen molar-refractivity contribution in [1.29, 1.82) is 0 Å². The average Bonchev–Trinajstić information content (AvgIpc) is 2.88. The normalized spacial score (nSPS) is 11.8. The zero-order valence-corrected chi connectivity index (χ0v) is 12.5. The predicted octanol–water partition coefficient (Wildman–Crippen LogP) is 3.00. The molecule has 0 radical (unpaired) electrons. The smallest absolute Gasteiger partial charge is 0.344 e. The van der Waals surface area contributed by atoms with E-state index in [1.165, 1.54) is 13.2 Å². The van der Waals surface area contributed by atoms with Gasteiger partial charge in [0.1, 0.15) is 11.5 Å². The van der Waals surface area contributed by atoms with Crippen molar-refractivity contribution in [3.8, 4) is 5.75 Å². The molecule has 0 aliphatic heterocycles. The third kappa shape index (κ3) is 3.46. The molecule has 1 aromatic carbocycles. The van der Waals surface area contributed by atoms with Crippen LogP contribution in [0, 0.1) is 13.8 Å². The number of benzene rings is 1. The summed E-state index contributed by atoms with van der Waals surface area (Å²) < 4.78 is 10.5. The van der Waals surface area contributed by atoms with Crippen LogP contribution in [0.3, 0.4) is 0 Å². The molecule has 2 aromatic rings. The maximum absolute atomic E-state index is 12.1. The number of furan rings is 1. The molecule has 0 bridgehead atoms. The van der Waals surface area contributed by atoms with Crippen molar-refractivity contribution in [2.24, 2.45) is 0 Å². The molecule has 2 N–H and O–H groups in total. The van der Waals surface area contributed by atoms with E-state index in [-0.39, 0.29) is 5.91 Å². The minimum absolute atomic E-state index is 0.299. The first kappa shape index (κ1) is 15.6. The molecule has 1 amide bonds. The second-order valence-corrected chi connectivity index (χ2v) is 4.92. The highest BCUT2D eigenvalue weighted by Gasteiger charge is 2.16. The Kier molecular flexibility index (Phi) is 4.50. The summed E-state index contributed by atoms with van der Waals surface area (Å²) in [4.78, 5) is 23.0. The first-order chi connectivity index (χ1) is 10.4. The van der Waals surface area contributed by atoms with Crippen molar-refractivity contribution in [3.05, 3.63) is 47.4 Å². The average molecular weight is 303 g/mol. The van der Waals surface area contributed by atoms with Gasteiger partial charge in [0.25, 0.3) is 5.91 Å². The maximum Gasteiger partial charge on any atom is 0.344 e. The van der Waals surface area contributed by atoms with Crippen LogP contribution in [0.5, 0.6) is 5.75 Å². The lowest BCUT2D eigenvalue weighted by molar-refractivity contribution is -0.144. The predicted molar refractivity (Wildman–Crippen MR) is 80.3 cm³/mol. The number of carbonyl (C=O) groups excluding carboxylic acids is 1. The van der Waals surface area contributed by atoms with E-state index in [0.29, 0.717) is 22.8 Å². The van der Waals surface area contributed by atoms with E-state index in [2.05, 4.69) is 5.32 Å². The van der Waals surface area contributed by atoms with Crippen molar-refractivity contribution >= 4 is 17.6 Å². The third-order valence-corrected chi connectivity index (χ3v) is 3.20. The van der Waals surface area contributed by atoms with Crippen LogP contribution in [0.2, 0.25) is 0 Å². The summed E-state index contributed by atoms with van der Waals surface area (Å²) in [6.45, 7) is 4.95. The molecule has 1 atom stereocenters. The van der Waals surface area contributed by atoms with Gasteiger partial charge in [-0.05, 0) is 38.5 Å². The Bertz CT molecular complexity index is 704. The summed E-state index contributed by atoms with van der Waals surface area (Å²) in [5.74, 6) is -0.410. The van der Waals surface area contributed by atoms with Gasteiger partial charge in [-0.3, -0.25) is 4.79 Å². The summed E-state index contributed by atoms with van der Waals surface area (Å²) in [7, 11) is 0. The molecule has 0 spiro atoms. The number of anilines is 1. The fourth-order valence-electron chi connectivity index (χ4n) is 1.86. The van der Waals surface area contributed by atoms with E-state index in [1.54, 1.807) is 38.1 Å². The second kappa shape index (κ2) is 6.34. The van der Waals surface area contributed by atoms with E-state index >= 15 is 0 Å². The number of hydrogen-bond acceptors (Lipinski definition) is 4. The molecule has 0 fully saturated rings. The van der Waals surface area contributed by atoms with Crippen LogP contribution in [0.15, 0.2) is 34.9 Å². The summed E-state index contributed by atoms with van der Waals surface area (Å²) in [5, 5.41) is 11.6. The van der Waals surface area contributed by atoms with Crippen LogP contribution in [0.1, 0.15) is 28.6 Å². The SMILES string of the molecule is Cc1ccc(NC(=O)c2ccoc2C)cc1O[C@@H](C)C(=O)O. The molecule has 1 heterocycles. The van der Waals surface area contributed by atoms with Crippen LogP contribution in [0.25, 0.3) is 0 Å². The number of aryl methyl sites for hydroxylation is 2. The fraction of sp³-hybridized carbons (Fsp3) is 0.250. The largest absolute Gasteiger partial charge is 0.479 e. The van der Waals surface area contributed by atoms with Gasteiger partial charge in [-0.25, -0.2) is 4.79 Å². The highest BCUT2D eigenvalue weighted by atomic mass is 16.5. The lowest BCUT2D eigenvalue weighted by atomic mass is 10.2. The zero-order valence-electron chi connectivity index (χ0n) is 12.5. The Morgan fingerprint density at radius 2 is 2.00 bits per heavy atom. The van der Waals surface area contributed by atoms with Crippen molar-refractivity contribution in [2.75, 3.05) is 5.32 Å². The topological polar surface area (TPSA) is 88.8 Å². The van der Waals surface area contributed by atoms with Crippen LogP contribution in [-0.4, -0.2) is 23.1 Å². The van der Waals surface area contributed by atoms with E-state index in [4.69, 9.17) is 14.3 Å². The first-order valence-electron chi connectivity index (χ1n) is 6.74. The zero-order chi connectivity index (χ0) is 16.3. The number of ether oxygens (including phenoxy) is 1. The van der Waals surface area contributed by atoms with Gasteiger partial charge in [-0.1, -0.05) is 6.07 Å². The maximum atomic E-state index is 12.1. The number of amides is 1. The Morgan fingerprint density at radius 1 is 1.27 bits per heavy atom. The number of carbonyl (C=O) groups is 2. The molecular formula is C16H17NO5. The molecule has 1 aromatic heterocycles. The number of rotatable bonds is 5. The Labute approximate surface area is 127 Å². The lowest BCUT2D eigenvalue weighted by Gasteiger charge is -2.14. The minimum Gasteiger partial charge on any atom is -0.479 e. The van der Waals surface area contributed by atoms with Gasteiger partial charge < -0.3 is 19.6 Å². The molecule has 0 aliphatic carbocycles. The molecular weight excluding hydrogens is 286 g/mol. The highest BCUT2D eigenvalue weighted by molar-refractivity contribution is 6.05. The van der Waals surface area contributed by atoms with Crippen LogP contribution < -0.4 is 10.1 Å². The third-order valence-electron chi connectivity index (χ3n) is 3.20. The number of nitrogens with one attached hydrogen (secondary N) is 1. The molecule has 2 rings (SSSR count). The van der Waals surface area contributed by atoms with Gasteiger partial charge in [-0.2, -0.15) is 0 Å². The van der Waals surface area contributed by atoms with Gasteiger partial charge >= 0.3 is 5.97 Å². The fourth-order valence-corrected chi connectivity index (χ4v) is 1.86. The Balaban J connectivity index is 2.17. The molecule has 6 nitrogen and oxygen atoms in total. The number of carboxylic acids is 1. The lowest BCUT2D eigenvalue weighted by Crippen LogP contribution is -2.23. The van der Waals surface area contributed by atoms with E-state index in [1.807, 2.05) is 0 Å². The van der Waals surface area contributed by atoms with Crippen molar-refractivity contribution < 1.29 is 23.8 Å². The molecule has 0 unspecified atom stereocenters. The van der Waals surface area contributed by atoms with Crippen molar-refractivity contribution in [1.82, 2.24) is 0 Å². The molecule has 0 aliphatic rings. The minimum atomic E-state index is -1.05. The van der Waals surface area contributed by atoms with Gasteiger partial charge in [0.2, 0.25) is 0 Å². The standard InChI is InChI=1S/C16H17NO5/c1-9-4-5-12(8-14(9)22-11(3)16(19)20)17-15(18)13-6-7-21-10(13)2/h4-8,11H,1-3H3,(H,17,18)(H,19,20)/t11-/m0/s1. The van der Waals surface area contributed by atoms with Gasteiger partial charge in [0, 0.05) is 11.8 Å². The van der Waals surface area contributed by atoms with E-state index in [0.717, 1.165) is 5.56 Å². The van der Waals surface area contributed by atoms with Crippen molar-refractivity contribution in [2.45, 2.75) is 26.9 Å².